The third kappa shape index (κ3) is 6.31. The Morgan fingerprint density at radius 1 is 1.12 bits per heavy atom. The van der Waals surface area contributed by atoms with Crippen LogP contribution in [0.15, 0.2) is 42.7 Å². The molecule has 0 fully saturated rings. The molecule has 3 N–H and O–H groups in total. The molecule has 178 valence electrons. The molecule has 0 aliphatic rings. The van der Waals surface area contributed by atoms with E-state index in [2.05, 4.69) is 31.1 Å². The topological polar surface area (TPSA) is 109 Å². The van der Waals surface area contributed by atoms with Crippen LogP contribution in [0.25, 0.3) is 22.4 Å². The number of aromatic nitrogens is 3. The van der Waals surface area contributed by atoms with Crippen LogP contribution in [0.4, 0.5) is 19.3 Å². The van der Waals surface area contributed by atoms with Gasteiger partial charge < -0.3 is 16.0 Å². The highest BCUT2D eigenvalue weighted by atomic mass is 19.1. The zero-order chi connectivity index (χ0) is 24.9. The van der Waals surface area contributed by atoms with Crippen LogP contribution in [0, 0.1) is 12.7 Å². The second kappa shape index (κ2) is 10.3. The van der Waals surface area contributed by atoms with E-state index in [0.717, 1.165) is 0 Å². The number of hydrogen-bond acceptors (Lipinski definition) is 5. The van der Waals surface area contributed by atoms with Gasteiger partial charge in [0, 0.05) is 30.9 Å². The fourth-order valence-electron chi connectivity index (χ4n) is 3.20. The summed E-state index contributed by atoms with van der Waals surface area (Å²) in [5, 5.41) is 15.7. The summed E-state index contributed by atoms with van der Waals surface area (Å²) in [6.07, 6.45) is 3.19. The van der Waals surface area contributed by atoms with E-state index in [1.165, 1.54) is 39.2 Å². The average Bonchev–Trinajstić information content (AvgIpc) is 2.79. The standard InChI is InChI=1S/C24H26F2N6O2/c1-14-9-18(25)20(31-23(34)29-8-6-24(2,3)26)12-17(14)19-11-16(13-30-32-19)15-5-7-28-21(10-15)22(33)27-4/h5,7,9-13H,6,8H2,1-4H3,(H,27,33)(H2,29,31,34). The molecule has 0 atom stereocenters. The van der Waals surface area contributed by atoms with Crippen molar-refractivity contribution < 1.29 is 18.4 Å². The highest BCUT2D eigenvalue weighted by Crippen LogP contribution is 2.30. The zero-order valence-corrected chi connectivity index (χ0v) is 19.4. The number of carbonyl (C=O) groups is 2. The van der Waals surface area contributed by atoms with Crippen molar-refractivity contribution in [1.82, 2.24) is 25.8 Å². The molecule has 0 saturated heterocycles. The van der Waals surface area contributed by atoms with Crippen LogP contribution in [0.2, 0.25) is 0 Å². The molecule has 3 amide bonds. The molecule has 0 unspecified atom stereocenters. The Labute approximate surface area is 196 Å². The lowest BCUT2D eigenvalue weighted by atomic mass is 10.0. The van der Waals surface area contributed by atoms with E-state index in [0.29, 0.717) is 27.9 Å². The third-order valence-corrected chi connectivity index (χ3v) is 5.05. The summed E-state index contributed by atoms with van der Waals surface area (Å²) < 4.78 is 28.1. The molecule has 3 aromatic rings. The van der Waals surface area contributed by atoms with Gasteiger partial charge in [-0.1, -0.05) is 0 Å². The van der Waals surface area contributed by atoms with Crippen molar-refractivity contribution in [2.24, 2.45) is 0 Å². The summed E-state index contributed by atoms with van der Waals surface area (Å²) in [6, 6.07) is 7.24. The Bertz CT molecular complexity index is 1210. The van der Waals surface area contributed by atoms with Gasteiger partial charge in [-0.15, -0.1) is 0 Å². The number of pyridine rings is 1. The Kier molecular flexibility index (Phi) is 7.50. The molecule has 2 heterocycles. The van der Waals surface area contributed by atoms with E-state index in [9.17, 15) is 18.4 Å². The first kappa shape index (κ1) is 24.7. The lowest BCUT2D eigenvalue weighted by Crippen LogP contribution is -2.32. The van der Waals surface area contributed by atoms with Gasteiger partial charge in [0.15, 0.2) is 0 Å². The summed E-state index contributed by atoms with van der Waals surface area (Å²) in [4.78, 5) is 28.1. The maximum absolute atomic E-state index is 14.5. The lowest BCUT2D eigenvalue weighted by molar-refractivity contribution is 0.0958. The molecule has 8 nitrogen and oxygen atoms in total. The number of carbonyl (C=O) groups excluding carboxylic acids is 2. The third-order valence-electron chi connectivity index (χ3n) is 5.05. The zero-order valence-electron chi connectivity index (χ0n) is 19.4. The van der Waals surface area contributed by atoms with E-state index in [1.807, 2.05) is 0 Å². The summed E-state index contributed by atoms with van der Waals surface area (Å²) >= 11 is 0. The highest BCUT2D eigenvalue weighted by Gasteiger charge is 2.17. The summed E-state index contributed by atoms with van der Waals surface area (Å²) in [5.41, 5.74) is 1.79. The molecule has 2 aromatic heterocycles. The van der Waals surface area contributed by atoms with Gasteiger partial charge in [0.25, 0.3) is 5.91 Å². The van der Waals surface area contributed by atoms with E-state index >= 15 is 0 Å². The maximum Gasteiger partial charge on any atom is 0.319 e. The second-order valence-electron chi connectivity index (χ2n) is 8.33. The van der Waals surface area contributed by atoms with Crippen molar-refractivity contribution in [3.8, 4) is 22.4 Å². The number of nitrogens with one attached hydrogen (secondary N) is 3. The van der Waals surface area contributed by atoms with Gasteiger partial charge in [0.1, 0.15) is 17.2 Å². The van der Waals surface area contributed by atoms with Crippen LogP contribution >= 0.6 is 0 Å². The molecular formula is C24H26F2N6O2. The molecule has 0 saturated carbocycles. The molecule has 0 aliphatic carbocycles. The minimum atomic E-state index is -1.42. The summed E-state index contributed by atoms with van der Waals surface area (Å²) in [6.45, 7) is 4.65. The SMILES string of the molecule is CNC(=O)c1cc(-c2cnnc(-c3cc(NC(=O)NCCC(C)(C)F)c(F)cc3C)c2)ccn1. The normalized spacial score (nSPS) is 11.1. The van der Waals surface area contributed by atoms with Crippen molar-refractivity contribution in [2.75, 3.05) is 18.9 Å². The highest BCUT2D eigenvalue weighted by molar-refractivity contribution is 5.93. The average molecular weight is 469 g/mol. The van der Waals surface area contributed by atoms with E-state index < -0.39 is 17.5 Å². The van der Waals surface area contributed by atoms with Crippen LogP contribution in [-0.2, 0) is 0 Å². The second-order valence-corrected chi connectivity index (χ2v) is 8.33. The minimum Gasteiger partial charge on any atom is -0.354 e. The number of benzene rings is 1. The van der Waals surface area contributed by atoms with Crippen LogP contribution in [0.1, 0.15) is 36.3 Å². The summed E-state index contributed by atoms with van der Waals surface area (Å²) in [5.74, 6) is -0.932. The Hall–Kier alpha value is -3.95. The molecule has 0 radical (unpaired) electrons. The largest absolute Gasteiger partial charge is 0.354 e. The molecule has 0 bridgehead atoms. The monoisotopic (exact) mass is 468 g/mol. The molecule has 0 spiro atoms. The van der Waals surface area contributed by atoms with Gasteiger partial charge in [-0.25, -0.2) is 13.6 Å². The number of aryl methyl sites for hydroxylation is 1. The van der Waals surface area contributed by atoms with Crippen molar-refractivity contribution in [3.05, 3.63) is 59.8 Å². The van der Waals surface area contributed by atoms with Crippen molar-refractivity contribution in [1.29, 1.82) is 0 Å². The fraction of sp³-hybridized carbons (Fsp3) is 0.292. The number of rotatable bonds is 7. The molecular weight excluding hydrogens is 442 g/mol. The number of halogens is 2. The molecule has 1 aromatic carbocycles. The predicted molar refractivity (Wildman–Crippen MR) is 126 cm³/mol. The summed E-state index contributed by atoms with van der Waals surface area (Å²) in [7, 11) is 1.52. The van der Waals surface area contributed by atoms with Crippen LogP contribution in [0.3, 0.4) is 0 Å². The minimum absolute atomic E-state index is 0.0457. The van der Waals surface area contributed by atoms with Gasteiger partial charge in [0.2, 0.25) is 0 Å². The van der Waals surface area contributed by atoms with Gasteiger partial charge in [0.05, 0.1) is 17.6 Å². The van der Waals surface area contributed by atoms with Gasteiger partial charge >= 0.3 is 6.03 Å². The first-order valence-electron chi connectivity index (χ1n) is 10.6. The quantitative estimate of drug-likeness (QED) is 0.480. The predicted octanol–water partition coefficient (Wildman–Crippen LogP) is 4.27. The van der Waals surface area contributed by atoms with Crippen molar-refractivity contribution in [3.63, 3.8) is 0 Å². The molecule has 34 heavy (non-hydrogen) atoms. The van der Waals surface area contributed by atoms with Crippen LogP contribution in [-0.4, -0.2) is 46.4 Å². The van der Waals surface area contributed by atoms with Crippen molar-refractivity contribution >= 4 is 17.6 Å². The van der Waals surface area contributed by atoms with Gasteiger partial charge in [-0.2, -0.15) is 10.2 Å². The van der Waals surface area contributed by atoms with E-state index in [1.54, 1.807) is 31.3 Å². The number of amides is 3. The van der Waals surface area contributed by atoms with Crippen LogP contribution < -0.4 is 16.0 Å². The molecule has 0 aliphatic heterocycles. The number of alkyl halides is 1. The number of hydrogen-bond donors (Lipinski definition) is 3. The lowest BCUT2D eigenvalue weighted by Gasteiger charge is -2.15. The molecule has 3 rings (SSSR count). The Balaban J connectivity index is 1.87. The van der Waals surface area contributed by atoms with Crippen molar-refractivity contribution in [2.45, 2.75) is 32.9 Å². The van der Waals surface area contributed by atoms with E-state index in [4.69, 9.17) is 0 Å². The van der Waals surface area contributed by atoms with Crippen LogP contribution in [0.5, 0.6) is 0 Å². The first-order valence-corrected chi connectivity index (χ1v) is 10.6. The maximum atomic E-state index is 14.5. The van der Waals surface area contributed by atoms with Gasteiger partial charge in [-0.3, -0.25) is 9.78 Å². The Morgan fingerprint density at radius 3 is 2.59 bits per heavy atom. The number of urea groups is 1. The molecule has 10 heteroatoms. The number of nitrogens with zero attached hydrogens (tertiary/aromatic N) is 3. The van der Waals surface area contributed by atoms with Gasteiger partial charge in [-0.05, 0) is 68.7 Å². The Morgan fingerprint density at radius 2 is 1.88 bits per heavy atom. The number of anilines is 1. The van der Waals surface area contributed by atoms with E-state index in [-0.39, 0.29) is 30.3 Å². The fourth-order valence-corrected chi connectivity index (χ4v) is 3.20. The first-order chi connectivity index (χ1) is 16.1. The smallest absolute Gasteiger partial charge is 0.319 e.